The molecule has 0 saturated carbocycles. The molecule has 24 heavy (non-hydrogen) atoms. The highest BCUT2D eigenvalue weighted by molar-refractivity contribution is 6.07. The van der Waals surface area contributed by atoms with Crippen molar-refractivity contribution in [3.05, 3.63) is 75.6 Å². The van der Waals surface area contributed by atoms with E-state index >= 15 is 0 Å². The van der Waals surface area contributed by atoms with E-state index in [1.165, 1.54) is 24.3 Å². The standard InChI is InChI=1S/C20H14O4/c1-11-3-2-4-15-14(11)6-8-17-19(15)20(23)18(24-17)10-12-9-13(21)5-7-16(12)22/h2-10,19,21-22H,1H2/b18-10-. The van der Waals surface area contributed by atoms with E-state index in [4.69, 9.17) is 4.74 Å². The van der Waals surface area contributed by atoms with Gasteiger partial charge in [-0.05, 0) is 46.4 Å². The summed E-state index contributed by atoms with van der Waals surface area (Å²) in [4.78, 5) is 12.8. The zero-order valence-corrected chi connectivity index (χ0v) is 12.7. The Morgan fingerprint density at radius 1 is 1.12 bits per heavy atom. The molecule has 0 bridgehead atoms. The fourth-order valence-electron chi connectivity index (χ4n) is 3.09. The van der Waals surface area contributed by atoms with Crippen LogP contribution in [-0.4, -0.2) is 16.0 Å². The number of carbonyl (C=O) groups is 1. The van der Waals surface area contributed by atoms with Crippen molar-refractivity contribution in [2.24, 2.45) is 0 Å². The van der Waals surface area contributed by atoms with E-state index in [0.29, 0.717) is 11.3 Å². The van der Waals surface area contributed by atoms with Crippen LogP contribution < -0.4 is 10.4 Å². The third-order valence-corrected chi connectivity index (χ3v) is 4.27. The van der Waals surface area contributed by atoms with Crippen LogP contribution in [0.2, 0.25) is 0 Å². The number of ketones is 1. The lowest BCUT2D eigenvalue weighted by Crippen LogP contribution is -2.31. The zero-order valence-electron chi connectivity index (χ0n) is 12.7. The summed E-state index contributed by atoms with van der Waals surface area (Å²) in [5, 5.41) is 21.2. The summed E-state index contributed by atoms with van der Waals surface area (Å²) in [6.07, 6.45) is 5.12. The lowest BCUT2D eigenvalue weighted by atomic mass is 9.88. The summed E-state index contributed by atoms with van der Waals surface area (Å²) >= 11 is 0. The molecule has 1 heterocycles. The minimum absolute atomic E-state index is 0.00195. The van der Waals surface area contributed by atoms with Crippen LogP contribution in [0.25, 0.3) is 18.7 Å². The molecule has 1 aliphatic carbocycles. The normalized spacial score (nSPS) is 20.0. The molecule has 0 radical (unpaired) electrons. The number of hydrogen-bond donors (Lipinski definition) is 2. The summed E-state index contributed by atoms with van der Waals surface area (Å²) in [7, 11) is 0. The van der Waals surface area contributed by atoms with Gasteiger partial charge in [0.25, 0.3) is 0 Å². The molecule has 1 aliphatic heterocycles. The highest BCUT2D eigenvalue weighted by Gasteiger charge is 2.39. The van der Waals surface area contributed by atoms with Crippen LogP contribution in [0.15, 0.2) is 54.0 Å². The highest BCUT2D eigenvalue weighted by Crippen LogP contribution is 2.39. The Hall–Kier alpha value is -3.27. The SMILES string of the molecule is C=c1cccc2c1=CC=C1O/C(=C\c3cc(O)ccc3O)C(=O)C12. The molecule has 4 heteroatoms. The Labute approximate surface area is 138 Å². The average Bonchev–Trinajstić information content (AvgIpc) is 2.88. The number of benzene rings is 2. The number of carbonyl (C=O) groups excluding carboxylic acids is 1. The lowest BCUT2D eigenvalue weighted by molar-refractivity contribution is -0.116. The summed E-state index contributed by atoms with van der Waals surface area (Å²) < 4.78 is 5.70. The quantitative estimate of drug-likeness (QED) is 0.623. The average molecular weight is 318 g/mol. The van der Waals surface area contributed by atoms with Gasteiger partial charge in [-0.15, -0.1) is 0 Å². The van der Waals surface area contributed by atoms with Crippen molar-refractivity contribution in [3.63, 3.8) is 0 Å². The van der Waals surface area contributed by atoms with Gasteiger partial charge in [-0.1, -0.05) is 30.9 Å². The van der Waals surface area contributed by atoms with Crippen LogP contribution >= 0.6 is 0 Å². The Morgan fingerprint density at radius 3 is 2.79 bits per heavy atom. The van der Waals surface area contributed by atoms with Crippen LogP contribution in [0, 0.1) is 0 Å². The number of hydrogen-bond acceptors (Lipinski definition) is 4. The second-order valence-corrected chi connectivity index (χ2v) is 5.81. The maximum Gasteiger partial charge on any atom is 0.213 e. The van der Waals surface area contributed by atoms with Gasteiger partial charge in [-0.2, -0.15) is 0 Å². The van der Waals surface area contributed by atoms with Gasteiger partial charge in [0.15, 0.2) is 5.76 Å². The summed E-state index contributed by atoms with van der Waals surface area (Å²) in [6, 6.07) is 9.78. The summed E-state index contributed by atoms with van der Waals surface area (Å²) in [5.41, 5.74) is 1.20. The summed E-state index contributed by atoms with van der Waals surface area (Å²) in [6.45, 7) is 3.99. The molecule has 1 unspecified atom stereocenters. The van der Waals surface area contributed by atoms with Gasteiger partial charge in [0.1, 0.15) is 23.2 Å². The van der Waals surface area contributed by atoms with E-state index in [-0.39, 0.29) is 23.0 Å². The predicted molar refractivity (Wildman–Crippen MR) is 90.3 cm³/mol. The molecule has 0 amide bonds. The summed E-state index contributed by atoms with van der Waals surface area (Å²) in [5.74, 6) is 0.00266. The predicted octanol–water partition coefficient (Wildman–Crippen LogP) is 1.91. The first-order valence-electron chi connectivity index (χ1n) is 7.50. The van der Waals surface area contributed by atoms with Gasteiger partial charge >= 0.3 is 0 Å². The maximum atomic E-state index is 12.8. The smallest absolute Gasteiger partial charge is 0.213 e. The van der Waals surface area contributed by atoms with Crippen molar-refractivity contribution in [3.8, 4) is 11.5 Å². The largest absolute Gasteiger partial charge is 0.508 e. The molecule has 2 aromatic rings. The van der Waals surface area contributed by atoms with E-state index in [1.807, 2.05) is 24.3 Å². The van der Waals surface area contributed by atoms with Crippen LogP contribution in [0.1, 0.15) is 17.0 Å². The van der Waals surface area contributed by atoms with Gasteiger partial charge in [0.2, 0.25) is 5.78 Å². The van der Waals surface area contributed by atoms with Crippen molar-refractivity contribution in [1.29, 1.82) is 0 Å². The van der Waals surface area contributed by atoms with Crippen molar-refractivity contribution in [2.75, 3.05) is 0 Å². The van der Waals surface area contributed by atoms with Gasteiger partial charge in [0.05, 0.1) is 0 Å². The van der Waals surface area contributed by atoms with Crippen LogP contribution in [-0.2, 0) is 9.53 Å². The van der Waals surface area contributed by atoms with E-state index in [1.54, 1.807) is 6.08 Å². The zero-order chi connectivity index (χ0) is 16.8. The van der Waals surface area contributed by atoms with Gasteiger partial charge in [-0.25, -0.2) is 0 Å². The molecule has 118 valence electrons. The fraction of sp³-hybridized carbons (Fsp3) is 0.0500. The van der Waals surface area contributed by atoms with Gasteiger partial charge < -0.3 is 14.9 Å². The van der Waals surface area contributed by atoms with E-state index in [2.05, 4.69) is 6.58 Å². The van der Waals surface area contributed by atoms with Crippen LogP contribution in [0.3, 0.4) is 0 Å². The molecule has 1 fully saturated rings. The van der Waals surface area contributed by atoms with Crippen LogP contribution in [0.5, 0.6) is 11.5 Å². The first-order chi connectivity index (χ1) is 11.5. The van der Waals surface area contributed by atoms with Crippen molar-refractivity contribution >= 4 is 24.5 Å². The monoisotopic (exact) mass is 318 g/mol. The minimum atomic E-state index is -0.489. The molecule has 4 nitrogen and oxygen atoms in total. The Balaban J connectivity index is 1.81. The number of allylic oxidation sites excluding steroid dienone is 3. The van der Waals surface area contributed by atoms with Crippen LogP contribution in [0.4, 0.5) is 0 Å². The Bertz CT molecular complexity index is 1040. The maximum absolute atomic E-state index is 12.8. The number of Topliss-reactive ketones (excluding diaryl/α,β-unsaturated/α-hetero) is 1. The number of phenolic OH excluding ortho intramolecular Hbond substituents is 2. The second-order valence-electron chi connectivity index (χ2n) is 5.81. The molecule has 4 rings (SSSR count). The molecular formula is C20H14O4. The van der Waals surface area contributed by atoms with E-state index in [0.717, 1.165) is 16.0 Å². The number of aromatic hydroxyl groups is 2. The third-order valence-electron chi connectivity index (χ3n) is 4.27. The molecule has 2 aliphatic rings. The van der Waals surface area contributed by atoms with Crippen molar-refractivity contribution < 1.29 is 19.7 Å². The second kappa shape index (κ2) is 5.13. The molecule has 2 aromatic carbocycles. The lowest BCUT2D eigenvalue weighted by Gasteiger charge is -2.13. The Kier molecular flexibility index (Phi) is 3.06. The molecule has 1 atom stereocenters. The topological polar surface area (TPSA) is 66.8 Å². The molecule has 0 aromatic heterocycles. The Morgan fingerprint density at radius 2 is 1.96 bits per heavy atom. The number of fused-ring (bicyclic) bond motifs is 3. The first-order valence-corrected chi connectivity index (χ1v) is 7.50. The fourth-order valence-corrected chi connectivity index (χ4v) is 3.09. The number of ether oxygens (including phenoxy) is 1. The van der Waals surface area contributed by atoms with Gasteiger partial charge in [-0.3, -0.25) is 4.79 Å². The van der Waals surface area contributed by atoms with E-state index < -0.39 is 5.92 Å². The van der Waals surface area contributed by atoms with Gasteiger partial charge in [0, 0.05) is 5.56 Å². The molecule has 1 saturated heterocycles. The van der Waals surface area contributed by atoms with E-state index in [9.17, 15) is 15.0 Å². The van der Waals surface area contributed by atoms with Crippen molar-refractivity contribution in [1.82, 2.24) is 0 Å². The molecule has 2 N–H and O–H groups in total. The number of phenols is 2. The minimum Gasteiger partial charge on any atom is -0.508 e. The third kappa shape index (κ3) is 2.12. The molecule has 0 spiro atoms. The highest BCUT2D eigenvalue weighted by atomic mass is 16.5. The molecular weight excluding hydrogens is 304 g/mol. The number of rotatable bonds is 1. The van der Waals surface area contributed by atoms with Crippen molar-refractivity contribution in [2.45, 2.75) is 5.92 Å². The first kappa shape index (κ1) is 14.3.